The second-order valence-corrected chi connectivity index (χ2v) is 10.4. The van der Waals surface area contributed by atoms with Gasteiger partial charge in [0, 0.05) is 45.3 Å². The van der Waals surface area contributed by atoms with Gasteiger partial charge in [-0.05, 0) is 43.3 Å². The number of likely N-dealkylation sites (N-methyl/N-ethyl adjacent to an activating group) is 1. The van der Waals surface area contributed by atoms with Crippen molar-refractivity contribution in [1.29, 1.82) is 0 Å². The van der Waals surface area contributed by atoms with E-state index in [0.717, 1.165) is 49.5 Å². The number of piperazine rings is 1. The molecule has 8 heteroatoms. The average Bonchev–Trinajstić information content (AvgIpc) is 2.83. The van der Waals surface area contributed by atoms with Crippen LogP contribution in [0.15, 0.2) is 53.4 Å². The van der Waals surface area contributed by atoms with E-state index in [1.807, 2.05) is 51.1 Å². The first kappa shape index (κ1) is 25.9. The Bertz CT molecular complexity index is 1120. The Morgan fingerprint density at radius 1 is 1.03 bits per heavy atom. The zero-order valence-corrected chi connectivity index (χ0v) is 21.4. The van der Waals surface area contributed by atoms with Crippen LogP contribution in [0.2, 0.25) is 0 Å². The maximum Gasteiger partial charge on any atom is 0.248 e. The summed E-state index contributed by atoms with van der Waals surface area (Å²) < 4.78 is 27.7. The predicted molar refractivity (Wildman–Crippen MR) is 140 cm³/mol. The van der Waals surface area contributed by atoms with Crippen LogP contribution in [0.25, 0.3) is 6.08 Å². The Kier molecular flexibility index (Phi) is 8.88. The molecule has 1 fully saturated rings. The van der Waals surface area contributed by atoms with E-state index in [4.69, 9.17) is 0 Å². The van der Waals surface area contributed by atoms with Gasteiger partial charge < -0.3 is 15.1 Å². The molecule has 1 saturated heterocycles. The standard InChI is InChI=1S/C26H36N4O3S/c1-5-28-15-17-29(18-16-28)25-13-12-23(34(32,33)30(6-2)7-3)20-24(25)27-26(31)14-11-22-10-8-9-21(4)19-22/h8-14,19-20H,5-7,15-18H2,1-4H3,(H,27,31)/b14-11+. The Morgan fingerprint density at radius 3 is 2.35 bits per heavy atom. The van der Waals surface area contributed by atoms with Gasteiger partial charge in [0.2, 0.25) is 15.9 Å². The second-order valence-electron chi connectivity index (χ2n) is 8.43. The summed E-state index contributed by atoms with van der Waals surface area (Å²) in [5, 5.41) is 2.94. The Morgan fingerprint density at radius 2 is 1.74 bits per heavy atom. The fourth-order valence-electron chi connectivity index (χ4n) is 4.19. The molecule has 2 aromatic rings. The van der Waals surface area contributed by atoms with Gasteiger partial charge >= 0.3 is 0 Å². The molecule has 7 nitrogen and oxygen atoms in total. The van der Waals surface area contributed by atoms with Crippen LogP contribution in [0, 0.1) is 6.92 Å². The highest BCUT2D eigenvalue weighted by Gasteiger charge is 2.25. The number of sulfonamides is 1. The lowest BCUT2D eigenvalue weighted by Crippen LogP contribution is -2.46. The van der Waals surface area contributed by atoms with E-state index in [0.29, 0.717) is 18.8 Å². The van der Waals surface area contributed by atoms with Crippen molar-refractivity contribution >= 4 is 33.4 Å². The van der Waals surface area contributed by atoms with Crippen molar-refractivity contribution in [2.24, 2.45) is 0 Å². The van der Waals surface area contributed by atoms with E-state index in [2.05, 4.69) is 22.0 Å². The number of carbonyl (C=O) groups excluding carboxylic acids is 1. The molecule has 0 unspecified atom stereocenters. The Balaban J connectivity index is 1.91. The molecule has 1 N–H and O–H groups in total. The average molecular weight is 485 g/mol. The largest absolute Gasteiger partial charge is 0.367 e. The first-order valence-electron chi connectivity index (χ1n) is 12.0. The van der Waals surface area contributed by atoms with Crippen LogP contribution in [0.1, 0.15) is 31.9 Å². The minimum atomic E-state index is -3.64. The van der Waals surface area contributed by atoms with Crippen LogP contribution in [0.5, 0.6) is 0 Å². The number of nitrogens with one attached hydrogen (secondary N) is 1. The van der Waals surface area contributed by atoms with Crippen LogP contribution in [0.4, 0.5) is 11.4 Å². The van der Waals surface area contributed by atoms with Crippen LogP contribution in [0.3, 0.4) is 0 Å². The molecule has 1 aliphatic heterocycles. The molecular formula is C26H36N4O3S. The molecule has 0 spiro atoms. The minimum absolute atomic E-state index is 0.185. The molecule has 1 amide bonds. The van der Waals surface area contributed by atoms with Gasteiger partial charge in [-0.3, -0.25) is 4.79 Å². The molecule has 0 aromatic heterocycles. The van der Waals surface area contributed by atoms with E-state index in [-0.39, 0.29) is 10.8 Å². The highest BCUT2D eigenvalue weighted by molar-refractivity contribution is 7.89. The molecule has 34 heavy (non-hydrogen) atoms. The molecule has 3 rings (SSSR count). The Labute approximate surface area is 204 Å². The fourth-order valence-corrected chi connectivity index (χ4v) is 5.67. The second kappa shape index (κ2) is 11.6. The van der Waals surface area contributed by atoms with Gasteiger partial charge in [0.1, 0.15) is 0 Å². The summed E-state index contributed by atoms with van der Waals surface area (Å²) in [5.41, 5.74) is 3.40. The van der Waals surface area contributed by atoms with Gasteiger partial charge in [-0.15, -0.1) is 0 Å². The molecule has 1 aliphatic rings. The topological polar surface area (TPSA) is 73.0 Å². The summed E-state index contributed by atoms with van der Waals surface area (Å²) in [6.07, 6.45) is 3.25. The van der Waals surface area contributed by atoms with Crippen molar-refractivity contribution in [2.75, 3.05) is 56.0 Å². The Hall–Kier alpha value is -2.68. The normalized spacial score (nSPS) is 15.3. The fraction of sp³-hybridized carbons (Fsp3) is 0.423. The first-order valence-corrected chi connectivity index (χ1v) is 13.4. The number of amides is 1. The van der Waals surface area contributed by atoms with E-state index < -0.39 is 10.0 Å². The van der Waals surface area contributed by atoms with Crippen LogP contribution < -0.4 is 10.2 Å². The molecule has 2 aromatic carbocycles. The summed E-state index contributed by atoms with van der Waals surface area (Å²) in [7, 11) is -3.64. The lowest BCUT2D eigenvalue weighted by atomic mass is 10.1. The zero-order chi connectivity index (χ0) is 24.7. The number of nitrogens with zero attached hydrogens (tertiary/aromatic N) is 3. The minimum Gasteiger partial charge on any atom is -0.367 e. The third-order valence-corrected chi connectivity index (χ3v) is 8.24. The van der Waals surface area contributed by atoms with E-state index in [1.54, 1.807) is 18.2 Å². The van der Waals surface area contributed by atoms with Crippen molar-refractivity contribution in [3.8, 4) is 0 Å². The SMILES string of the molecule is CCN1CCN(c2ccc(S(=O)(=O)N(CC)CC)cc2NC(=O)/C=C/c2cccc(C)c2)CC1. The molecule has 0 aliphatic carbocycles. The lowest BCUT2D eigenvalue weighted by Gasteiger charge is -2.36. The van der Waals surface area contributed by atoms with Crippen LogP contribution in [-0.2, 0) is 14.8 Å². The van der Waals surface area contributed by atoms with Crippen molar-refractivity contribution < 1.29 is 13.2 Å². The molecule has 0 radical (unpaired) electrons. The lowest BCUT2D eigenvalue weighted by molar-refractivity contribution is -0.111. The number of hydrogen-bond acceptors (Lipinski definition) is 5. The third-order valence-electron chi connectivity index (χ3n) is 6.20. The van der Waals surface area contributed by atoms with Crippen LogP contribution >= 0.6 is 0 Å². The number of rotatable bonds is 9. The van der Waals surface area contributed by atoms with Crippen molar-refractivity contribution in [3.63, 3.8) is 0 Å². The summed E-state index contributed by atoms with van der Waals surface area (Å²) in [6, 6.07) is 12.9. The predicted octanol–water partition coefficient (Wildman–Crippen LogP) is 3.82. The highest BCUT2D eigenvalue weighted by atomic mass is 32.2. The number of benzene rings is 2. The van der Waals surface area contributed by atoms with Gasteiger partial charge in [0.15, 0.2) is 0 Å². The van der Waals surface area contributed by atoms with Crippen LogP contribution in [-0.4, -0.2) is 69.3 Å². The molecule has 184 valence electrons. The number of hydrogen-bond donors (Lipinski definition) is 1. The van der Waals surface area contributed by atoms with E-state index >= 15 is 0 Å². The number of anilines is 2. The smallest absolute Gasteiger partial charge is 0.248 e. The van der Waals surface area contributed by atoms with Crippen molar-refractivity contribution in [3.05, 3.63) is 59.7 Å². The van der Waals surface area contributed by atoms with Gasteiger partial charge in [-0.2, -0.15) is 4.31 Å². The molecular weight excluding hydrogens is 448 g/mol. The third kappa shape index (κ3) is 6.25. The monoisotopic (exact) mass is 484 g/mol. The van der Waals surface area contributed by atoms with E-state index in [9.17, 15) is 13.2 Å². The maximum atomic E-state index is 13.1. The number of carbonyl (C=O) groups is 1. The number of aryl methyl sites for hydroxylation is 1. The summed E-state index contributed by atoms with van der Waals surface area (Å²) in [6.45, 7) is 13.1. The molecule has 0 atom stereocenters. The van der Waals surface area contributed by atoms with Crippen molar-refractivity contribution in [1.82, 2.24) is 9.21 Å². The first-order chi connectivity index (χ1) is 16.3. The maximum absolute atomic E-state index is 13.1. The van der Waals surface area contributed by atoms with Gasteiger partial charge in [0.25, 0.3) is 0 Å². The zero-order valence-electron chi connectivity index (χ0n) is 20.6. The van der Waals surface area contributed by atoms with E-state index in [1.165, 1.54) is 10.4 Å². The quantitative estimate of drug-likeness (QED) is 0.548. The van der Waals surface area contributed by atoms with Crippen molar-refractivity contribution in [2.45, 2.75) is 32.6 Å². The summed E-state index contributed by atoms with van der Waals surface area (Å²) in [4.78, 5) is 17.6. The summed E-state index contributed by atoms with van der Waals surface area (Å²) in [5.74, 6) is -0.299. The molecule has 0 saturated carbocycles. The highest BCUT2D eigenvalue weighted by Crippen LogP contribution is 2.31. The molecule has 0 bridgehead atoms. The van der Waals surface area contributed by atoms with Gasteiger partial charge in [-0.25, -0.2) is 8.42 Å². The van der Waals surface area contributed by atoms with Gasteiger partial charge in [-0.1, -0.05) is 50.6 Å². The van der Waals surface area contributed by atoms with Gasteiger partial charge in [0.05, 0.1) is 16.3 Å². The summed E-state index contributed by atoms with van der Waals surface area (Å²) >= 11 is 0. The molecule has 1 heterocycles.